The van der Waals surface area contributed by atoms with Crippen molar-refractivity contribution in [3.05, 3.63) is 22.9 Å². The molecule has 0 unspecified atom stereocenters. The summed E-state index contributed by atoms with van der Waals surface area (Å²) in [6.07, 6.45) is 1.76. The number of imidazole rings is 1. The molecule has 18 heavy (non-hydrogen) atoms. The average Bonchev–Trinajstić information content (AvgIpc) is 2.69. The Labute approximate surface area is 114 Å². The number of hydrogen-bond donors (Lipinski definition) is 0. The summed E-state index contributed by atoms with van der Waals surface area (Å²) in [6.45, 7) is 6.65. The molecule has 3 heterocycles. The third-order valence-electron chi connectivity index (χ3n) is 3.06. The Morgan fingerprint density at radius 3 is 3.00 bits per heavy atom. The molecule has 0 radical (unpaired) electrons. The first-order chi connectivity index (χ1) is 8.55. The molecule has 0 atom stereocenters. The summed E-state index contributed by atoms with van der Waals surface area (Å²) < 4.78 is 8.39. The maximum atomic E-state index is 5.72. The van der Waals surface area contributed by atoms with Crippen molar-refractivity contribution in [2.45, 2.75) is 19.4 Å². The maximum Gasteiger partial charge on any atom is 0.154 e. The summed E-state index contributed by atoms with van der Waals surface area (Å²) in [7, 11) is 0. The number of morpholine rings is 1. The second-order valence-corrected chi connectivity index (χ2v) is 5.88. The second kappa shape index (κ2) is 4.20. The molecule has 2 aromatic heterocycles. The molecule has 5 nitrogen and oxygen atoms in total. The van der Waals surface area contributed by atoms with Crippen LogP contribution in [-0.4, -0.2) is 39.9 Å². The van der Waals surface area contributed by atoms with Crippen LogP contribution in [0.1, 0.15) is 13.8 Å². The van der Waals surface area contributed by atoms with Gasteiger partial charge in [0.1, 0.15) is 10.4 Å². The molecule has 96 valence electrons. The Hall–Kier alpha value is -1.14. The van der Waals surface area contributed by atoms with E-state index in [1.807, 2.05) is 12.1 Å². The molecular weight excluding hydrogens is 296 g/mol. The van der Waals surface area contributed by atoms with Gasteiger partial charge in [0.05, 0.1) is 18.4 Å². The molecule has 0 aliphatic carbocycles. The summed E-state index contributed by atoms with van der Waals surface area (Å²) in [5, 5.41) is 4.60. The number of ether oxygens (including phenoxy) is 1. The number of nitrogens with zero attached hydrogens (tertiary/aromatic N) is 4. The lowest BCUT2D eigenvalue weighted by molar-refractivity contribution is -0.0279. The van der Waals surface area contributed by atoms with E-state index in [-0.39, 0.29) is 5.60 Å². The van der Waals surface area contributed by atoms with Gasteiger partial charge in [0.15, 0.2) is 5.65 Å². The van der Waals surface area contributed by atoms with Gasteiger partial charge in [-0.15, -0.1) is 5.10 Å². The van der Waals surface area contributed by atoms with Crippen LogP contribution < -0.4 is 4.90 Å². The van der Waals surface area contributed by atoms with E-state index in [0.29, 0.717) is 0 Å². The van der Waals surface area contributed by atoms with E-state index in [9.17, 15) is 0 Å². The number of fused-ring (bicyclic) bond motifs is 1. The Balaban J connectivity index is 1.96. The Morgan fingerprint density at radius 2 is 2.22 bits per heavy atom. The van der Waals surface area contributed by atoms with E-state index in [4.69, 9.17) is 4.74 Å². The first kappa shape index (κ1) is 11.9. The van der Waals surface area contributed by atoms with Crippen LogP contribution in [0.3, 0.4) is 0 Å². The fourth-order valence-electron chi connectivity index (χ4n) is 2.22. The van der Waals surface area contributed by atoms with Crippen LogP contribution in [0.15, 0.2) is 22.9 Å². The third kappa shape index (κ3) is 2.10. The van der Waals surface area contributed by atoms with Crippen LogP contribution in [-0.2, 0) is 4.74 Å². The molecular formula is C12H15BrN4O. The highest BCUT2D eigenvalue weighted by molar-refractivity contribution is 9.10. The SMILES string of the molecule is CC1(C)CN(c2ccc3ncc(Br)n3n2)CCO1. The lowest BCUT2D eigenvalue weighted by Gasteiger charge is -2.38. The van der Waals surface area contributed by atoms with Gasteiger partial charge in [-0.1, -0.05) is 0 Å². The molecule has 1 saturated heterocycles. The van der Waals surface area contributed by atoms with E-state index in [1.165, 1.54) is 0 Å². The van der Waals surface area contributed by atoms with E-state index in [1.54, 1.807) is 10.7 Å². The minimum absolute atomic E-state index is 0.124. The predicted octanol–water partition coefficient (Wildman–Crippen LogP) is 2.11. The Kier molecular flexibility index (Phi) is 2.79. The first-order valence-corrected chi connectivity index (χ1v) is 6.74. The first-order valence-electron chi connectivity index (χ1n) is 5.94. The van der Waals surface area contributed by atoms with E-state index in [0.717, 1.165) is 35.8 Å². The van der Waals surface area contributed by atoms with Crippen molar-refractivity contribution in [2.24, 2.45) is 0 Å². The fourth-order valence-corrected chi connectivity index (χ4v) is 2.58. The van der Waals surface area contributed by atoms with Gasteiger partial charge in [-0.3, -0.25) is 0 Å². The normalized spacial score (nSPS) is 19.4. The minimum Gasteiger partial charge on any atom is -0.372 e. The average molecular weight is 311 g/mol. The standard InChI is InChI=1S/C12H15BrN4O/c1-12(2)8-16(5-6-18-12)11-4-3-10-14-7-9(13)17(10)15-11/h3-4,7H,5-6,8H2,1-2H3. The van der Waals surface area contributed by atoms with Gasteiger partial charge in [-0.25, -0.2) is 9.50 Å². The summed E-state index contributed by atoms with van der Waals surface area (Å²) in [4.78, 5) is 6.49. The quantitative estimate of drug-likeness (QED) is 0.809. The monoisotopic (exact) mass is 310 g/mol. The smallest absolute Gasteiger partial charge is 0.154 e. The number of hydrogen-bond acceptors (Lipinski definition) is 4. The van der Waals surface area contributed by atoms with Crippen molar-refractivity contribution >= 4 is 27.4 Å². The van der Waals surface area contributed by atoms with Gasteiger partial charge in [0.25, 0.3) is 0 Å². The number of rotatable bonds is 1. The molecule has 0 spiro atoms. The van der Waals surface area contributed by atoms with Crippen molar-refractivity contribution < 1.29 is 4.74 Å². The van der Waals surface area contributed by atoms with Crippen molar-refractivity contribution in [3.8, 4) is 0 Å². The van der Waals surface area contributed by atoms with E-state index < -0.39 is 0 Å². The van der Waals surface area contributed by atoms with E-state index >= 15 is 0 Å². The lowest BCUT2D eigenvalue weighted by atomic mass is 10.1. The third-order valence-corrected chi connectivity index (χ3v) is 3.60. The molecule has 3 rings (SSSR count). The predicted molar refractivity (Wildman–Crippen MR) is 72.9 cm³/mol. The second-order valence-electron chi connectivity index (χ2n) is 5.07. The van der Waals surface area contributed by atoms with E-state index in [2.05, 4.69) is 44.8 Å². The molecule has 0 N–H and O–H groups in total. The number of anilines is 1. The minimum atomic E-state index is -0.124. The molecule has 1 fully saturated rings. The molecule has 0 aromatic carbocycles. The van der Waals surface area contributed by atoms with Gasteiger partial charge >= 0.3 is 0 Å². The largest absolute Gasteiger partial charge is 0.372 e. The summed E-state index contributed by atoms with van der Waals surface area (Å²) in [6, 6.07) is 3.99. The van der Waals surface area contributed by atoms with Crippen LogP contribution in [0.4, 0.5) is 5.82 Å². The van der Waals surface area contributed by atoms with Crippen molar-refractivity contribution in [3.63, 3.8) is 0 Å². The van der Waals surface area contributed by atoms with Crippen molar-refractivity contribution in [2.75, 3.05) is 24.6 Å². The highest BCUT2D eigenvalue weighted by atomic mass is 79.9. The van der Waals surface area contributed by atoms with Crippen LogP contribution >= 0.6 is 15.9 Å². The van der Waals surface area contributed by atoms with Gasteiger partial charge in [0.2, 0.25) is 0 Å². The van der Waals surface area contributed by atoms with Crippen LogP contribution in [0, 0.1) is 0 Å². The molecule has 0 saturated carbocycles. The highest BCUT2D eigenvalue weighted by Gasteiger charge is 2.28. The van der Waals surface area contributed by atoms with Crippen LogP contribution in [0.2, 0.25) is 0 Å². The zero-order chi connectivity index (χ0) is 12.8. The van der Waals surface area contributed by atoms with Crippen molar-refractivity contribution in [1.29, 1.82) is 0 Å². The molecule has 2 aromatic rings. The maximum absolute atomic E-state index is 5.72. The zero-order valence-electron chi connectivity index (χ0n) is 10.4. The molecule has 1 aliphatic rings. The Bertz CT molecular complexity index is 580. The Morgan fingerprint density at radius 1 is 1.39 bits per heavy atom. The molecule has 0 bridgehead atoms. The van der Waals surface area contributed by atoms with Gasteiger partial charge in [0, 0.05) is 13.1 Å². The van der Waals surface area contributed by atoms with Crippen molar-refractivity contribution in [1.82, 2.24) is 14.6 Å². The summed E-state index contributed by atoms with van der Waals surface area (Å²) in [5.41, 5.74) is 0.722. The zero-order valence-corrected chi connectivity index (χ0v) is 12.0. The molecule has 6 heteroatoms. The molecule has 0 amide bonds. The lowest BCUT2D eigenvalue weighted by Crippen LogP contribution is -2.48. The van der Waals surface area contributed by atoms with Crippen LogP contribution in [0.25, 0.3) is 5.65 Å². The summed E-state index contributed by atoms with van der Waals surface area (Å²) >= 11 is 3.44. The number of aromatic nitrogens is 3. The summed E-state index contributed by atoms with van der Waals surface area (Å²) in [5.74, 6) is 0.956. The van der Waals surface area contributed by atoms with Gasteiger partial charge < -0.3 is 9.64 Å². The van der Waals surface area contributed by atoms with Crippen LogP contribution in [0.5, 0.6) is 0 Å². The molecule has 1 aliphatic heterocycles. The highest BCUT2D eigenvalue weighted by Crippen LogP contribution is 2.22. The fraction of sp³-hybridized carbons (Fsp3) is 0.500. The van der Waals surface area contributed by atoms with Gasteiger partial charge in [-0.05, 0) is 41.9 Å². The van der Waals surface area contributed by atoms with Gasteiger partial charge in [-0.2, -0.15) is 0 Å². The topological polar surface area (TPSA) is 42.7 Å². The number of halogens is 1.